The van der Waals surface area contributed by atoms with E-state index in [-0.39, 0.29) is 17.7 Å². The summed E-state index contributed by atoms with van der Waals surface area (Å²) in [5.74, 6) is -1.03. The van der Waals surface area contributed by atoms with Gasteiger partial charge in [0.15, 0.2) is 0 Å². The molecule has 0 bridgehead atoms. The van der Waals surface area contributed by atoms with Gasteiger partial charge in [0.1, 0.15) is 11.6 Å². The van der Waals surface area contributed by atoms with Gasteiger partial charge >= 0.3 is 0 Å². The minimum absolute atomic E-state index is 0.0433. The lowest BCUT2D eigenvalue weighted by molar-refractivity contribution is 0.0954. The Hall–Kier alpha value is -3.84. The number of halogens is 2. The maximum absolute atomic E-state index is 14.0. The highest BCUT2D eigenvalue weighted by Crippen LogP contribution is 2.40. The predicted molar refractivity (Wildman–Crippen MR) is 145 cm³/mol. The molecule has 2 atom stereocenters. The highest BCUT2D eigenvalue weighted by molar-refractivity contribution is 5.93. The van der Waals surface area contributed by atoms with Crippen LogP contribution in [0.15, 0.2) is 73.1 Å². The summed E-state index contributed by atoms with van der Waals surface area (Å²) in [6, 6.07) is 18.6. The lowest BCUT2D eigenvalue weighted by Gasteiger charge is -2.34. The molecule has 0 saturated carbocycles. The number of carbonyl (C=O) groups excluding carboxylic acids is 1. The van der Waals surface area contributed by atoms with E-state index in [0.29, 0.717) is 18.5 Å². The van der Waals surface area contributed by atoms with Crippen LogP contribution in [0, 0.1) is 18.6 Å². The second kappa shape index (κ2) is 11.3. The van der Waals surface area contributed by atoms with E-state index in [1.54, 1.807) is 24.1 Å². The second-order valence-corrected chi connectivity index (χ2v) is 10.0. The number of nitrogens with zero attached hydrogens (tertiary/aromatic N) is 2. The van der Waals surface area contributed by atoms with Crippen LogP contribution in [0.2, 0.25) is 0 Å². The van der Waals surface area contributed by atoms with Gasteiger partial charge < -0.3 is 10.6 Å². The summed E-state index contributed by atoms with van der Waals surface area (Å²) in [5.41, 5.74) is 6.99. The molecule has 2 heterocycles. The van der Waals surface area contributed by atoms with Gasteiger partial charge in [0.2, 0.25) is 0 Å². The zero-order valence-corrected chi connectivity index (χ0v) is 21.7. The van der Waals surface area contributed by atoms with Gasteiger partial charge in [-0.2, -0.15) is 5.10 Å². The van der Waals surface area contributed by atoms with Crippen molar-refractivity contribution in [2.45, 2.75) is 31.6 Å². The van der Waals surface area contributed by atoms with E-state index in [9.17, 15) is 13.6 Å². The quantitative estimate of drug-likeness (QED) is 0.342. The van der Waals surface area contributed by atoms with Gasteiger partial charge in [-0.25, -0.2) is 8.78 Å². The van der Waals surface area contributed by atoms with Crippen molar-refractivity contribution in [3.05, 3.63) is 113 Å². The summed E-state index contributed by atoms with van der Waals surface area (Å²) in [4.78, 5) is 12.4. The van der Waals surface area contributed by atoms with Crippen molar-refractivity contribution >= 4 is 5.91 Å². The Labute approximate surface area is 221 Å². The first-order valence-electron chi connectivity index (χ1n) is 13.0. The van der Waals surface area contributed by atoms with E-state index in [0.717, 1.165) is 53.4 Å². The Balaban J connectivity index is 1.35. The molecule has 0 radical (unpaired) electrons. The standard InChI is InChI=1S/C31H32F2N4O/c1-20-13-22(28-6-4-3-5-21(28)9-12-35-31(38)24-17-36-37(2)19-24)7-8-27(20)30-18-34-11-10-29(30)23-14-25(32)16-26(33)15-23/h3-8,13-17,19,29-30,34H,9-12,18H2,1-2H3,(H,35,38)/t29-,30-/m1/s1. The molecule has 1 aliphatic rings. The number of carbonyl (C=O) groups is 1. The molecule has 5 nitrogen and oxygen atoms in total. The van der Waals surface area contributed by atoms with Crippen LogP contribution in [-0.4, -0.2) is 35.3 Å². The number of hydrogen-bond donors (Lipinski definition) is 2. The molecular weight excluding hydrogens is 482 g/mol. The molecule has 5 rings (SSSR count). The van der Waals surface area contributed by atoms with Gasteiger partial charge in [-0.15, -0.1) is 0 Å². The molecule has 7 heteroatoms. The Morgan fingerprint density at radius 3 is 2.61 bits per heavy atom. The fourth-order valence-electron chi connectivity index (χ4n) is 5.60. The van der Waals surface area contributed by atoms with Crippen molar-refractivity contribution < 1.29 is 13.6 Å². The summed E-state index contributed by atoms with van der Waals surface area (Å²) in [5, 5.41) is 10.5. The molecular formula is C31H32F2N4O. The molecule has 1 saturated heterocycles. The fraction of sp³-hybridized carbons (Fsp3) is 0.290. The van der Waals surface area contributed by atoms with Crippen LogP contribution in [0.4, 0.5) is 8.78 Å². The second-order valence-electron chi connectivity index (χ2n) is 10.0. The first-order valence-corrected chi connectivity index (χ1v) is 13.0. The molecule has 0 spiro atoms. The molecule has 3 aromatic carbocycles. The largest absolute Gasteiger partial charge is 0.352 e. The number of aryl methyl sites for hydroxylation is 2. The summed E-state index contributed by atoms with van der Waals surface area (Å²) >= 11 is 0. The molecule has 2 N–H and O–H groups in total. The number of aromatic nitrogens is 2. The third-order valence-electron chi connectivity index (χ3n) is 7.44. The van der Waals surface area contributed by atoms with E-state index in [1.165, 1.54) is 17.7 Å². The fourth-order valence-corrected chi connectivity index (χ4v) is 5.60. The minimum atomic E-state index is -0.530. The summed E-state index contributed by atoms with van der Waals surface area (Å²) in [6.07, 6.45) is 4.78. The number of nitrogens with one attached hydrogen (secondary N) is 2. The zero-order chi connectivity index (χ0) is 26.6. The maximum atomic E-state index is 14.0. The number of amides is 1. The van der Waals surface area contributed by atoms with Crippen LogP contribution in [-0.2, 0) is 13.5 Å². The number of hydrogen-bond acceptors (Lipinski definition) is 3. The minimum Gasteiger partial charge on any atom is -0.352 e. The van der Waals surface area contributed by atoms with E-state index in [4.69, 9.17) is 0 Å². The Morgan fingerprint density at radius 1 is 1.08 bits per heavy atom. The Kier molecular flexibility index (Phi) is 7.65. The molecule has 0 aliphatic carbocycles. The third-order valence-corrected chi connectivity index (χ3v) is 7.44. The van der Waals surface area contributed by atoms with Gasteiger partial charge in [0.05, 0.1) is 11.8 Å². The van der Waals surface area contributed by atoms with Gasteiger partial charge in [-0.05, 0) is 77.7 Å². The van der Waals surface area contributed by atoms with Gasteiger partial charge in [-0.3, -0.25) is 9.48 Å². The van der Waals surface area contributed by atoms with Crippen molar-refractivity contribution in [2.24, 2.45) is 7.05 Å². The highest BCUT2D eigenvalue weighted by atomic mass is 19.1. The SMILES string of the molecule is Cc1cc(-c2ccccc2CCNC(=O)c2cnn(C)c2)ccc1[C@H]1CNCC[C@@H]1c1cc(F)cc(F)c1. The predicted octanol–water partition coefficient (Wildman–Crippen LogP) is 5.51. The van der Waals surface area contributed by atoms with Crippen molar-refractivity contribution in [2.75, 3.05) is 19.6 Å². The lowest BCUT2D eigenvalue weighted by atomic mass is 9.75. The molecule has 1 aromatic heterocycles. The molecule has 196 valence electrons. The Morgan fingerprint density at radius 2 is 1.87 bits per heavy atom. The van der Waals surface area contributed by atoms with Crippen LogP contribution in [0.25, 0.3) is 11.1 Å². The van der Waals surface area contributed by atoms with Crippen LogP contribution < -0.4 is 10.6 Å². The summed E-state index contributed by atoms with van der Waals surface area (Å²) in [6.45, 7) is 4.20. The highest BCUT2D eigenvalue weighted by Gasteiger charge is 2.29. The molecule has 4 aromatic rings. The first-order chi connectivity index (χ1) is 18.4. The van der Waals surface area contributed by atoms with Crippen molar-refractivity contribution in [1.29, 1.82) is 0 Å². The van der Waals surface area contributed by atoms with Gasteiger partial charge in [0.25, 0.3) is 5.91 Å². The molecule has 1 aliphatic heterocycles. The summed E-state index contributed by atoms with van der Waals surface area (Å²) < 4.78 is 29.6. The monoisotopic (exact) mass is 514 g/mol. The van der Waals surface area contributed by atoms with E-state index in [2.05, 4.69) is 53.0 Å². The molecule has 1 fully saturated rings. The number of piperidine rings is 1. The van der Waals surface area contributed by atoms with Gasteiger partial charge in [0, 0.05) is 38.3 Å². The van der Waals surface area contributed by atoms with Gasteiger partial charge in [-0.1, -0.05) is 42.5 Å². The van der Waals surface area contributed by atoms with E-state index >= 15 is 0 Å². The van der Waals surface area contributed by atoms with E-state index < -0.39 is 11.6 Å². The third kappa shape index (κ3) is 5.68. The van der Waals surface area contributed by atoms with Crippen molar-refractivity contribution in [3.63, 3.8) is 0 Å². The lowest BCUT2D eigenvalue weighted by Crippen LogP contribution is -2.34. The number of benzene rings is 3. The zero-order valence-electron chi connectivity index (χ0n) is 21.7. The molecule has 1 amide bonds. The van der Waals surface area contributed by atoms with E-state index in [1.807, 2.05) is 12.1 Å². The normalized spacial score (nSPS) is 17.4. The Bertz CT molecular complexity index is 1430. The van der Waals surface area contributed by atoms with Crippen molar-refractivity contribution in [3.8, 4) is 11.1 Å². The number of rotatable bonds is 7. The van der Waals surface area contributed by atoms with Crippen LogP contribution in [0.5, 0.6) is 0 Å². The smallest absolute Gasteiger partial charge is 0.254 e. The average molecular weight is 515 g/mol. The molecule has 38 heavy (non-hydrogen) atoms. The summed E-state index contributed by atoms with van der Waals surface area (Å²) in [7, 11) is 1.78. The topological polar surface area (TPSA) is 59.0 Å². The van der Waals surface area contributed by atoms with Crippen LogP contribution in [0.3, 0.4) is 0 Å². The molecule has 0 unspecified atom stereocenters. The van der Waals surface area contributed by atoms with Crippen LogP contribution in [0.1, 0.15) is 50.9 Å². The van der Waals surface area contributed by atoms with Crippen molar-refractivity contribution in [1.82, 2.24) is 20.4 Å². The first kappa shape index (κ1) is 25.8. The average Bonchev–Trinajstić information content (AvgIpc) is 3.35. The van der Waals surface area contributed by atoms with Crippen LogP contribution >= 0.6 is 0 Å². The maximum Gasteiger partial charge on any atom is 0.254 e.